The largest absolute Gasteiger partial charge is 0.444 e. The Morgan fingerprint density at radius 1 is 1.07 bits per heavy atom. The average molecular weight is 410 g/mol. The Morgan fingerprint density at radius 3 is 2.41 bits per heavy atom. The molecule has 0 radical (unpaired) electrons. The van der Waals surface area contributed by atoms with Crippen LogP contribution in [0.5, 0.6) is 0 Å². The Balaban J connectivity index is 1.62. The third-order valence-corrected chi connectivity index (χ3v) is 5.33. The van der Waals surface area contributed by atoms with Crippen molar-refractivity contribution in [3.05, 3.63) is 0 Å². The number of carbonyl (C=O) groups excluding carboxylic acids is 2. The molecular formula is C21H39N5O3. The van der Waals surface area contributed by atoms with E-state index in [9.17, 15) is 9.59 Å². The Morgan fingerprint density at radius 2 is 1.76 bits per heavy atom. The Kier molecular flexibility index (Phi) is 9.04. The van der Waals surface area contributed by atoms with Crippen LogP contribution in [0.3, 0.4) is 0 Å². The number of rotatable bonds is 6. The number of alkyl carbamates (subject to hydrolysis) is 1. The summed E-state index contributed by atoms with van der Waals surface area (Å²) in [6.45, 7) is 8.32. The quantitative estimate of drug-likeness (QED) is 0.355. The maximum Gasteiger partial charge on any atom is 0.407 e. The third kappa shape index (κ3) is 8.50. The zero-order chi connectivity index (χ0) is 21.3. The summed E-state index contributed by atoms with van der Waals surface area (Å²) < 4.78 is 5.21. The SMILES string of the molecule is CN=C(NCCCNC(=O)OC(C)(C)C)NC1CCN(C(=O)C2CCCCC2)C1. The van der Waals surface area contributed by atoms with Crippen LogP contribution >= 0.6 is 0 Å². The second-order valence-corrected chi connectivity index (χ2v) is 9.03. The topological polar surface area (TPSA) is 95.1 Å². The van der Waals surface area contributed by atoms with Gasteiger partial charge >= 0.3 is 6.09 Å². The molecule has 0 aromatic rings. The maximum absolute atomic E-state index is 12.7. The molecule has 2 aliphatic rings. The molecular weight excluding hydrogens is 370 g/mol. The standard InChI is InChI=1S/C21H39N5O3/c1-21(2,3)29-20(28)24-13-8-12-23-19(22-4)25-17-11-14-26(15-17)18(27)16-9-6-5-7-10-16/h16-17H,5-15H2,1-4H3,(H,24,28)(H2,22,23,25). The normalized spacial score (nSPS) is 21.0. The van der Waals surface area contributed by atoms with Crippen LogP contribution in [0.2, 0.25) is 0 Å². The lowest BCUT2D eigenvalue weighted by Crippen LogP contribution is -2.46. The van der Waals surface area contributed by atoms with Gasteiger partial charge in [-0.2, -0.15) is 0 Å². The number of guanidine groups is 1. The lowest BCUT2D eigenvalue weighted by atomic mass is 9.88. The van der Waals surface area contributed by atoms with E-state index in [1.165, 1.54) is 19.3 Å². The van der Waals surface area contributed by atoms with Crippen LogP contribution in [-0.2, 0) is 9.53 Å². The van der Waals surface area contributed by atoms with Gasteiger partial charge in [0.2, 0.25) is 5.91 Å². The van der Waals surface area contributed by atoms with Crippen LogP contribution in [0.4, 0.5) is 4.79 Å². The first-order chi connectivity index (χ1) is 13.8. The predicted molar refractivity (Wildman–Crippen MR) is 115 cm³/mol. The summed E-state index contributed by atoms with van der Waals surface area (Å²) >= 11 is 0. The summed E-state index contributed by atoms with van der Waals surface area (Å²) in [6, 6.07) is 0.230. The van der Waals surface area contributed by atoms with E-state index < -0.39 is 11.7 Å². The molecule has 1 heterocycles. The van der Waals surface area contributed by atoms with Crippen LogP contribution in [0.1, 0.15) is 65.7 Å². The fourth-order valence-electron chi connectivity index (χ4n) is 3.87. The Hall–Kier alpha value is -1.99. The van der Waals surface area contributed by atoms with E-state index in [4.69, 9.17) is 4.74 Å². The van der Waals surface area contributed by atoms with E-state index in [1.54, 1.807) is 7.05 Å². The van der Waals surface area contributed by atoms with Crippen LogP contribution in [0.25, 0.3) is 0 Å². The highest BCUT2D eigenvalue weighted by Crippen LogP contribution is 2.26. The minimum absolute atomic E-state index is 0.230. The molecule has 1 saturated carbocycles. The average Bonchev–Trinajstić information content (AvgIpc) is 3.14. The van der Waals surface area contributed by atoms with Crippen molar-refractivity contribution in [1.29, 1.82) is 0 Å². The summed E-state index contributed by atoms with van der Waals surface area (Å²) in [5, 5.41) is 9.43. The van der Waals surface area contributed by atoms with Gasteiger partial charge in [0.15, 0.2) is 5.96 Å². The molecule has 1 aliphatic carbocycles. The van der Waals surface area contributed by atoms with Gasteiger partial charge in [0.25, 0.3) is 0 Å². The number of hydrogen-bond donors (Lipinski definition) is 3. The van der Waals surface area contributed by atoms with Crippen molar-refractivity contribution < 1.29 is 14.3 Å². The van der Waals surface area contributed by atoms with E-state index in [0.717, 1.165) is 44.7 Å². The van der Waals surface area contributed by atoms with Crippen LogP contribution in [0.15, 0.2) is 4.99 Å². The first kappa shape index (κ1) is 23.3. The van der Waals surface area contributed by atoms with Gasteiger partial charge in [-0.1, -0.05) is 19.3 Å². The van der Waals surface area contributed by atoms with Gasteiger partial charge < -0.3 is 25.6 Å². The van der Waals surface area contributed by atoms with Gasteiger partial charge in [0.05, 0.1) is 0 Å². The van der Waals surface area contributed by atoms with Gasteiger partial charge in [0, 0.05) is 45.2 Å². The molecule has 2 amide bonds. The summed E-state index contributed by atoms with van der Waals surface area (Å²) in [7, 11) is 1.74. The van der Waals surface area contributed by atoms with Crippen LogP contribution in [0, 0.1) is 5.92 Å². The van der Waals surface area contributed by atoms with Crippen molar-refractivity contribution in [1.82, 2.24) is 20.9 Å². The molecule has 0 aromatic heterocycles. The molecule has 0 bridgehead atoms. The van der Waals surface area contributed by atoms with Gasteiger partial charge in [-0.25, -0.2) is 4.79 Å². The number of hydrogen-bond acceptors (Lipinski definition) is 4. The molecule has 2 fully saturated rings. The molecule has 1 aliphatic heterocycles. The van der Waals surface area contributed by atoms with Gasteiger partial charge in [0.1, 0.15) is 5.60 Å². The molecule has 2 rings (SSSR count). The highest BCUT2D eigenvalue weighted by atomic mass is 16.6. The van der Waals surface area contributed by atoms with Gasteiger partial charge in [-0.3, -0.25) is 9.79 Å². The lowest BCUT2D eigenvalue weighted by Gasteiger charge is -2.26. The first-order valence-electron chi connectivity index (χ1n) is 11.0. The Labute approximate surface area is 175 Å². The minimum atomic E-state index is -0.484. The number of carbonyl (C=O) groups is 2. The molecule has 1 saturated heterocycles. The summed E-state index contributed by atoms with van der Waals surface area (Å²) in [5.74, 6) is 1.31. The second-order valence-electron chi connectivity index (χ2n) is 9.03. The smallest absolute Gasteiger partial charge is 0.407 e. The minimum Gasteiger partial charge on any atom is -0.444 e. The number of nitrogens with zero attached hydrogens (tertiary/aromatic N) is 2. The van der Waals surface area contributed by atoms with Crippen molar-refractivity contribution in [2.75, 3.05) is 33.2 Å². The van der Waals surface area contributed by atoms with Crippen LogP contribution in [-0.4, -0.2) is 67.7 Å². The molecule has 166 valence electrons. The fourth-order valence-corrected chi connectivity index (χ4v) is 3.87. The fraction of sp³-hybridized carbons (Fsp3) is 0.857. The molecule has 1 unspecified atom stereocenters. The molecule has 3 N–H and O–H groups in total. The number of nitrogens with one attached hydrogen (secondary N) is 3. The van der Waals surface area contributed by atoms with Crippen molar-refractivity contribution in [3.8, 4) is 0 Å². The van der Waals surface area contributed by atoms with Gasteiger partial charge in [-0.05, 0) is 46.5 Å². The van der Waals surface area contributed by atoms with Gasteiger partial charge in [-0.15, -0.1) is 0 Å². The van der Waals surface area contributed by atoms with Crippen molar-refractivity contribution in [2.24, 2.45) is 10.9 Å². The molecule has 0 aromatic carbocycles. The van der Waals surface area contributed by atoms with E-state index in [2.05, 4.69) is 20.9 Å². The van der Waals surface area contributed by atoms with Crippen molar-refractivity contribution >= 4 is 18.0 Å². The number of ether oxygens (including phenoxy) is 1. The van der Waals surface area contributed by atoms with E-state index in [1.807, 2.05) is 25.7 Å². The highest BCUT2D eigenvalue weighted by molar-refractivity contribution is 5.81. The predicted octanol–water partition coefficient (Wildman–Crippen LogP) is 2.25. The summed E-state index contributed by atoms with van der Waals surface area (Å²) in [5.41, 5.74) is -0.484. The zero-order valence-corrected chi connectivity index (χ0v) is 18.6. The second kappa shape index (κ2) is 11.3. The lowest BCUT2D eigenvalue weighted by molar-refractivity contribution is -0.135. The Bertz CT molecular complexity index is 567. The zero-order valence-electron chi connectivity index (χ0n) is 18.6. The summed E-state index contributed by atoms with van der Waals surface area (Å²) in [4.78, 5) is 30.6. The first-order valence-corrected chi connectivity index (χ1v) is 11.0. The molecule has 1 atom stereocenters. The van der Waals surface area contributed by atoms with E-state index >= 15 is 0 Å². The summed E-state index contributed by atoms with van der Waals surface area (Å²) in [6.07, 6.45) is 7.05. The molecule has 8 heteroatoms. The van der Waals surface area contributed by atoms with Crippen molar-refractivity contribution in [2.45, 2.75) is 77.4 Å². The number of amides is 2. The van der Waals surface area contributed by atoms with E-state index in [-0.39, 0.29) is 12.0 Å². The monoisotopic (exact) mass is 409 g/mol. The van der Waals surface area contributed by atoms with Crippen LogP contribution < -0.4 is 16.0 Å². The highest BCUT2D eigenvalue weighted by Gasteiger charge is 2.31. The number of likely N-dealkylation sites (tertiary alicyclic amines) is 1. The molecule has 29 heavy (non-hydrogen) atoms. The molecule has 8 nitrogen and oxygen atoms in total. The maximum atomic E-state index is 12.7. The molecule has 0 spiro atoms. The van der Waals surface area contributed by atoms with Crippen molar-refractivity contribution in [3.63, 3.8) is 0 Å². The number of aliphatic imine (C=N–C) groups is 1. The van der Waals surface area contributed by atoms with E-state index in [0.29, 0.717) is 19.0 Å². The third-order valence-electron chi connectivity index (χ3n) is 5.33.